The minimum atomic E-state index is 0.624. The summed E-state index contributed by atoms with van der Waals surface area (Å²) in [6.07, 6.45) is 8.07. The fourth-order valence-corrected chi connectivity index (χ4v) is 3.40. The zero-order valence-electron chi connectivity index (χ0n) is 11.9. The first-order valence-corrected chi connectivity index (χ1v) is 8.12. The second-order valence-electron chi connectivity index (χ2n) is 5.50. The highest BCUT2D eigenvalue weighted by Gasteiger charge is 2.20. The maximum absolute atomic E-state index is 5.34. The summed E-state index contributed by atoms with van der Waals surface area (Å²) in [4.78, 5) is 0. The van der Waals surface area contributed by atoms with Gasteiger partial charge in [0, 0.05) is 17.8 Å². The van der Waals surface area contributed by atoms with Gasteiger partial charge in [0.1, 0.15) is 5.75 Å². The van der Waals surface area contributed by atoms with Crippen LogP contribution in [0.5, 0.6) is 5.75 Å². The SMILES string of the molecule is CCCC1CCC(Nc2ccc(Br)c(OC)c2)CC1. The van der Waals surface area contributed by atoms with E-state index in [4.69, 9.17) is 4.74 Å². The third kappa shape index (κ3) is 4.13. The van der Waals surface area contributed by atoms with Gasteiger partial charge in [0.05, 0.1) is 11.6 Å². The van der Waals surface area contributed by atoms with Crippen LogP contribution in [0.4, 0.5) is 5.69 Å². The lowest BCUT2D eigenvalue weighted by Gasteiger charge is -2.29. The molecule has 0 spiro atoms. The first-order valence-electron chi connectivity index (χ1n) is 7.33. The molecular weight excluding hydrogens is 302 g/mol. The van der Waals surface area contributed by atoms with Crippen LogP contribution >= 0.6 is 15.9 Å². The van der Waals surface area contributed by atoms with Crippen LogP contribution in [0, 0.1) is 5.92 Å². The Balaban J connectivity index is 1.88. The van der Waals surface area contributed by atoms with Gasteiger partial charge in [0.25, 0.3) is 0 Å². The Kier molecular flexibility index (Phi) is 5.56. The highest BCUT2D eigenvalue weighted by molar-refractivity contribution is 9.10. The molecule has 0 unspecified atom stereocenters. The number of rotatable bonds is 5. The Morgan fingerprint density at radius 1 is 1.26 bits per heavy atom. The Bertz CT molecular complexity index is 400. The monoisotopic (exact) mass is 325 g/mol. The lowest BCUT2D eigenvalue weighted by Crippen LogP contribution is -2.26. The smallest absolute Gasteiger partial charge is 0.135 e. The molecule has 0 aliphatic heterocycles. The van der Waals surface area contributed by atoms with Crippen LogP contribution in [0.1, 0.15) is 45.4 Å². The summed E-state index contributed by atoms with van der Waals surface area (Å²) in [7, 11) is 1.71. The molecule has 0 heterocycles. The number of nitrogens with one attached hydrogen (secondary N) is 1. The zero-order chi connectivity index (χ0) is 13.7. The van der Waals surface area contributed by atoms with E-state index in [-0.39, 0.29) is 0 Å². The van der Waals surface area contributed by atoms with Gasteiger partial charge in [-0.2, -0.15) is 0 Å². The third-order valence-corrected chi connectivity index (χ3v) is 4.72. The van der Waals surface area contributed by atoms with Gasteiger partial charge in [-0.1, -0.05) is 19.8 Å². The van der Waals surface area contributed by atoms with Crippen molar-refractivity contribution in [3.8, 4) is 5.75 Å². The maximum atomic E-state index is 5.34. The van der Waals surface area contributed by atoms with Gasteiger partial charge in [-0.15, -0.1) is 0 Å². The number of anilines is 1. The summed E-state index contributed by atoms with van der Waals surface area (Å²) in [5.74, 6) is 1.85. The van der Waals surface area contributed by atoms with Crippen molar-refractivity contribution in [3.63, 3.8) is 0 Å². The molecule has 1 aliphatic carbocycles. The van der Waals surface area contributed by atoms with Crippen molar-refractivity contribution >= 4 is 21.6 Å². The fourth-order valence-electron chi connectivity index (χ4n) is 2.99. The topological polar surface area (TPSA) is 21.3 Å². The Morgan fingerprint density at radius 2 is 2.00 bits per heavy atom. The largest absolute Gasteiger partial charge is 0.495 e. The summed E-state index contributed by atoms with van der Waals surface area (Å²) in [6.45, 7) is 2.29. The number of halogens is 1. The van der Waals surface area contributed by atoms with E-state index < -0.39 is 0 Å². The van der Waals surface area contributed by atoms with Crippen molar-refractivity contribution in [2.75, 3.05) is 12.4 Å². The highest BCUT2D eigenvalue weighted by Crippen LogP contribution is 2.32. The first kappa shape index (κ1) is 14.7. The minimum absolute atomic E-state index is 0.624. The van der Waals surface area contributed by atoms with Crippen LogP contribution in [0.15, 0.2) is 22.7 Å². The lowest BCUT2D eigenvalue weighted by molar-refractivity contribution is 0.319. The number of hydrogen-bond donors (Lipinski definition) is 1. The van der Waals surface area contributed by atoms with Crippen molar-refractivity contribution in [1.29, 1.82) is 0 Å². The number of benzene rings is 1. The molecule has 0 bridgehead atoms. The summed E-state index contributed by atoms with van der Waals surface area (Å²) in [6, 6.07) is 6.86. The second kappa shape index (κ2) is 7.18. The molecule has 2 rings (SSSR count). The second-order valence-corrected chi connectivity index (χ2v) is 6.35. The number of hydrogen-bond acceptors (Lipinski definition) is 2. The molecule has 0 radical (unpaired) electrons. The van der Waals surface area contributed by atoms with E-state index in [2.05, 4.69) is 40.3 Å². The summed E-state index contributed by atoms with van der Waals surface area (Å²) < 4.78 is 6.34. The summed E-state index contributed by atoms with van der Waals surface area (Å²) >= 11 is 3.49. The molecule has 1 aromatic carbocycles. The Hall–Kier alpha value is -0.700. The molecule has 1 N–H and O–H groups in total. The van der Waals surface area contributed by atoms with Gasteiger partial charge in [-0.3, -0.25) is 0 Å². The van der Waals surface area contributed by atoms with Crippen LogP contribution in [0.2, 0.25) is 0 Å². The van der Waals surface area contributed by atoms with E-state index in [1.54, 1.807) is 7.11 Å². The third-order valence-electron chi connectivity index (χ3n) is 4.07. The Labute approximate surface area is 125 Å². The lowest BCUT2D eigenvalue weighted by atomic mass is 9.83. The first-order chi connectivity index (χ1) is 9.22. The maximum Gasteiger partial charge on any atom is 0.135 e. The van der Waals surface area contributed by atoms with Crippen molar-refractivity contribution in [1.82, 2.24) is 0 Å². The van der Waals surface area contributed by atoms with Gasteiger partial charge in [-0.25, -0.2) is 0 Å². The molecule has 3 heteroatoms. The molecule has 0 saturated heterocycles. The Morgan fingerprint density at radius 3 is 2.63 bits per heavy atom. The van der Waals surface area contributed by atoms with Crippen molar-refractivity contribution in [2.45, 2.75) is 51.5 Å². The molecular formula is C16H24BrNO. The van der Waals surface area contributed by atoms with Crippen LogP contribution in [0.3, 0.4) is 0 Å². The average Bonchev–Trinajstić information content (AvgIpc) is 2.43. The quantitative estimate of drug-likeness (QED) is 0.800. The molecule has 1 fully saturated rings. The van der Waals surface area contributed by atoms with E-state index in [9.17, 15) is 0 Å². The van der Waals surface area contributed by atoms with Crippen molar-refractivity contribution < 1.29 is 4.74 Å². The summed E-state index contributed by atoms with van der Waals surface area (Å²) in [5, 5.41) is 3.64. The van der Waals surface area contributed by atoms with Crippen LogP contribution in [-0.2, 0) is 0 Å². The van der Waals surface area contributed by atoms with Gasteiger partial charge in [0.2, 0.25) is 0 Å². The van der Waals surface area contributed by atoms with Crippen LogP contribution in [-0.4, -0.2) is 13.2 Å². The van der Waals surface area contributed by atoms with Gasteiger partial charge in [-0.05, 0) is 59.7 Å². The molecule has 1 saturated carbocycles. The van der Waals surface area contributed by atoms with E-state index in [0.29, 0.717) is 6.04 Å². The van der Waals surface area contributed by atoms with E-state index in [0.717, 1.165) is 16.1 Å². The van der Waals surface area contributed by atoms with Gasteiger partial charge >= 0.3 is 0 Å². The number of methoxy groups -OCH3 is 1. The van der Waals surface area contributed by atoms with Crippen molar-refractivity contribution in [2.24, 2.45) is 5.92 Å². The van der Waals surface area contributed by atoms with Gasteiger partial charge < -0.3 is 10.1 Å². The predicted molar refractivity (Wildman–Crippen MR) is 85.0 cm³/mol. The molecule has 19 heavy (non-hydrogen) atoms. The molecule has 1 aliphatic rings. The van der Waals surface area contributed by atoms with E-state index >= 15 is 0 Å². The molecule has 0 aromatic heterocycles. The number of ether oxygens (including phenoxy) is 1. The molecule has 2 nitrogen and oxygen atoms in total. The van der Waals surface area contributed by atoms with Crippen LogP contribution in [0.25, 0.3) is 0 Å². The molecule has 1 aromatic rings. The predicted octanol–water partition coefficient (Wildman–Crippen LogP) is 5.23. The van der Waals surface area contributed by atoms with Crippen LogP contribution < -0.4 is 10.1 Å². The zero-order valence-corrected chi connectivity index (χ0v) is 13.5. The molecule has 0 atom stereocenters. The average molecular weight is 326 g/mol. The van der Waals surface area contributed by atoms with Gasteiger partial charge in [0.15, 0.2) is 0 Å². The normalized spacial score (nSPS) is 23.1. The standard InChI is InChI=1S/C16H24BrNO/c1-3-4-12-5-7-13(8-6-12)18-14-9-10-15(17)16(11-14)19-2/h9-13,18H,3-8H2,1-2H3. The van der Waals surface area contributed by atoms with Crippen molar-refractivity contribution in [3.05, 3.63) is 22.7 Å². The highest BCUT2D eigenvalue weighted by atomic mass is 79.9. The molecule has 0 amide bonds. The summed E-state index contributed by atoms with van der Waals surface area (Å²) in [5.41, 5.74) is 1.17. The fraction of sp³-hybridized carbons (Fsp3) is 0.625. The van der Waals surface area contributed by atoms with E-state index in [1.807, 2.05) is 6.07 Å². The molecule has 106 valence electrons. The minimum Gasteiger partial charge on any atom is -0.495 e. The van der Waals surface area contributed by atoms with E-state index in [1.165, 1.54) is 44.2 Å².